The van der Waals surface area contributed by atoms with Crippen molar-refractivity contribution in [1.82, 2.24) is 15.1 Å². The van der Waals surface area contributed by atoms with Gasteiger partial charge >= 0.3 is 12.0 Å². The maximum atomic E-state index is 13.1. The SMILES string of the molecule is CCCN(CC(=O)N(Cc1ccccc1)Cc1ccco1)C(=O)NCC(=O)OCC. The summed E-state index contributed by atoms with van der Waals surface area (Å²) >= 11 is 0. The van der Waals surface area contributed by atoms with Crippen LogP contribution in [0.15, 0.2) is 53.1 Å². The zero-order valence-corrected chi connectivity index (χ0v) is 17.5. The highest BCUT2D eigenvalue weighted by Gasteiger charge is 2.22. The van der Waals surface area contributed by atoms with Gasteiger partial charge in [-0.15, -0.1) is 0 Å². The molecule has 1 heterocycles. The van der Waals surface area contributed by atoms with E-state index in [1.807, 2.05) is 37.3 Å². The van der Waals surface area contributed by atoms with Gasteiger partial charge in [-0.25, -0.2) is 4.79 Å². The number of rotatable bonds is 11. The minimum Gasteiger partial charge on any atom is -0.467 e. The van der Waals surface area contributed by atoms with E-state index in [2.05, 4.69) is 5.32 Å². The Hall–Kier alpha value is -3.29. The van der Waals surface area contributed by atoms with Crippen LogP contribution in [0, 0.1) is 0 Å². The van der Waals surface area contributed by atoms with Crippen LogP contribution in [0.5, 0.6) is 0 Å². The van der Waals surface area contributed by atoms with E-state index >= 15 is 0 Å². The second-order valence-corrected chi connectivity index (χ2v) is 6.70. The zero-order chi connectivity index (χ0) is 21.8. The normalized spacial score (nSPS) is 10.3. The van der Waals surface area contributed by atoms with E-state index < -0.39 is 12.0 Å². The van der Waals surface area contributed by atoms with Crippen LogP contribution in [0.4, 0.5) is 4.79 Å². The van der Waals surface area contributed by atoms with Crippen LogP contribution < -0.4 is 5.32 Å². The quantitative estimate of drug-likeness (QED) is 0.570. The molecule has 2 aromatic rings. The first-order valence-corrected chi connectivity index (χ1v) is 10.1. The molecule has 0 fully saturated rings. The summed E-state index contributed by atoms with van der Waals surface area (Å²) < 4.78 is 10.2. The van der Waals surface area contributed by atoms with Crippen molar-refractivity contribution >= 4 is 17.9 Å². The van der Waals surface area contributed by atoms with Gasteiger partial charge in [0.15, 0.2) is 0 Å². The fourth-order valence-electron chi connectivity index (χ4n) is 2.88. The summed E-state index contributed by atoms with van der Waals surface area (Å²) in [6.07, 6.45) is 2.24. The maximum Gasteiger partial charge on any atom is 0.325 e. The Morgan fingerprint density at radius 1 is 1.00 bits per heavy atom. The standard InChI is InChI=1S/C22H29N3O5/c1-3-12-24(22(28)23-14-21(27)29-4-2)17-20(26)25(16-19-11-8-13-30-19)15-18-9-6-5-7-10-18/h5-11,13H,3-4,12,14-17H2,1-2H3,(H,23,28). The molecule has 0 atom stereocenters. The molecule has 0 aliphatic rings. The first kappa shape index (κ1) is 23.0. The second-order valence-electron chi connectivity index (χ2n) is 6.70. The third-order valence-electron chi connectivity index (χ3n) is 4.29. The number of ether oxygens (including phenoxy) is 1. The van der Waals surface area contributed by atoms with Crippen molar-refractivity contribution < 1.29 is 23.5 Å². The van der Waals surface area contributed by atoms with Gasteiger partial charge in [-0.1, -0.05) is 37.3 Å². The van der Waals surface area contributed by atoms with E-state index in [0.717, 1.165) is 5.56 Å². The second kappa shape index (κ2) is 12.3. The Balaban J connectivity index is 2.05. The number of hydrogen-bond acceptors (Lipinski definition) is 5. The number of carbonyl (C=O) groups is 3. The van der Waals surface area contributed by atoms with Gasteiger partial charge < -0.3 is 24.3 Å². The van der Waals surface area contributed by atoms with Gasteiger partial charge in [0, 0.05) is 13.1 Å². The van der Waals surface area contributed by atoms with Gasteiger partial charge in [0.25, 0.3) is 0 Å². The highest BCUT2D eigenvalue weighted by atomic mass is 16.5. The summed E-state index contributed by atoms with van der Waals surface area (Å²) in [6, 6.07) is 12.7. The lowest BCUT2D eigenvalue weighted by molar-refractivity contribution is -0.141. The molecule has 2 rings (SSSR count). The van der Waals surface area contributed by atoms with Crippen LogP contribution in [0.3, 0.4) is 0 Å². The fourth-order valence-corrected chi connectivity index (χ4v) is 2.88. The minimum absolute atomic E-state index is 0.101. The van der Waals surface area contributed by atoms with Gasteiger partial charge in [-0.3, -0.25) is 9.59 Å². The smallest absolute Gasteiger partial charge is 0.325 e. The number of amides is 3. The zero-order valence-electron chi connectivity index (χ0n) is 17.5. The third-order valence-corrected chi connectivity index (χ3v) is 4.29. The Morgan fingerprint density at radius 3 is 2.40 bits per heavy atom. The Kier molecular flexibility index (Phi) is 9.44. The number of nitrogens with one attached hydrogen (secondary N) is 1. The monoisotopic (exact) mass is 415 g/mol. The number of furan rings is 1. The Labute approximate surface area is 176 Å². The molecule has 8 nitrogen and oxygen atoms in total. The molecular formula is C22H29N3O5. The number of benzene rings is 1. The van der Waals surface area contributed by atoms with Crippen molar-refractivity contribution in [3.05, 3.63) is 60.1 Å². The summed E-state index contributed by atoms with van der Waals surface area (Å²) in [5.41, 5.74) is 0.978. The van der Waals surface area contributed by atoms with Crippen molar-refractivity contribution in [3.8, 4) is 0 Å². The lowest BCUT2D eigenvalue weighted by Gasteiger charge is -2.27. The van der Waals surface area contributed by atoms with Crippen LogP contribution in [0.1, 0.15) is 31.6 Å². The lowest BCUT2D eigenvalue weighted by atomic mass is 10.2. The van der Waals surface area contributed by atoms with Gasteiger partial charge in [0.05, 0.1) is 19.4 Å². The van der Waals surface area contributed by atoms with E-state index in [4.69, 9.17) is 9.15 Å². The molecule has 1 N–H and O–H groups in total. The number of carbonyl (C=O) groups excluding carboxylic acids is 3. The van der Waals surface area contributed by atoms with Crippen molar-refractivity contribution in [2.45, 2.75) is 33.4 Å². The van der Waals surface area contributed by atoms with Crippen LogP contribution in [-0.2, 0) is 27.4 Å². The molecule has 8 heteroatoms. The van der Waals surface area contributed by atoms with E-state index in [9.17, 15) is 14.4 Å². The van der Waals surface area contributed by atoms with E-state index in [0.29, 0.717) is 31.8 Å². The predicted molar refractivity (Wildman–Crippen MR) is 111 cm³/mol. The average molecular weight is 415 g/mol. The lowest BCUT2D eigenvalue weighted by Crippen LogP contribution is -2.47. The summed E-state index contributed by atoms with van der Waals surface area (Å²) in [6.45, 7) is 4.60. The first-order chi connectivity index (χ1) is 14.5. The maximum absolute atomic E-state index is 13.1. The summed E-state index contributed by atoms with van der Waals surface area (Å²) in [7, 11) is 0. The Morgan fingerprint density at radius 2 is 1.77 bits per heavy atom. The van der Waals surface area contributed by atoms with Gasteiger partial charge in [-0.2, -0.15) is 0 Å². The molecule has 1 aromatic carbocycles. The van der Waals surface area contributed by atoms with Gasteiger partial charge in [0.2, 0.25) is 5.91 Å². The molecule has 0 radical (unpaired) electrons. The summed E-state index contributed by atoms with van der Waals surface area (Å²) in [5, 5.41) is 2.51. The Bertz CT molecular complexity index is 792. The number of urea groups is 1. The molecule has 0 bridgehead atoms. The predicted octanol–water partition coefficient (Wildman–Crippen LogP) is 2.79. The molecule has 0 saturated heterocycles. The van der Waals surface area contributed by atoms with Gasteiger partial charge in [-0.05, 0) is 31.0 Å². The minimum atomic E-state index is -0.517. The topological polar surface area (TPSA) is 92.1 Å². The van der Waals surface area contributed by atoms with Crippen LogP contribution >= 0.6 is 0 Å². The third kappa shape index (κ3) is 7.62. The molecule has 0 saturated carbocycles. The average Bonchev–Trinajstić information content (AvgIpc) is 3.25. The molecule has 0 aliphatic carbocycles. The fraction of sp³-hybridized carbons (Fsp3) is 0.409. The first-order valence-electron chi connectivity index (χ1n) is 10.1. The number of esters is 1. The number of nitrogens with zero attached hydrogens (tertiary/aromatic N) is 2. The van der Waals surface area contributed by atoms with Crippen LogP contribution in [-0.4, -0.2) is 53.9 Å². The van der Waals surface area contributed by atoms with Crippen molar-refractivity contribution in [2.75, 3.05) is 26.2 Å². The number of hydrogen-bond donors (Lipinski definition) is 1. The molecule has 0 spiro atoms. The van der Waals surface area contributed by atoms with E-state index in [1.54, 1.807) is 30.2 Å². The molecule has 162 valence electrons. The molecule has 30 heavy (non-hydrogen) atoms. The van der Waals surface area contributed by atoms with E-state index in [-0.39, 0.29) is 25.6 Å². The summed E-state index contributed by atoms with van der Waals surface area (Å²) in [4.78, 5) is 40.1. The van der Waals surface area contributed by atoms with Gasteiger partial charge in [0.1, 0.15) is 18.8 Å². The molecule has 0 unspecified atom stereocenters. The van der Waals surface area contributed by atoms with Crippen LogP contribution in [0.25, 0.3) is 0 Å². The van der Waals surface area contributed by atoms with Crippen LogP contribution in [0.2, 0.25) is 0 Å². The largest absolute Gasteiger partial charge is 0.467 e. The molecule has 1 aromatic heterocycles. The van der Waals surface area contributed by atoms with E-state index in [1.165, 1.54) is 4.90 Å². The van der Waals surface area contributed by atoms with Crippen molar-refractivity contribution in [2.24, 2.45) is 0 Å². The highest BCUT2D eigenvalue weighted by molar-refractivity contribution is 5.86. The molecule has 3 amide bonds. The van der Waals surface area contributed by atoms with Crippen molar-refractivity contribution in [3.63, 3.8) is 0 Å². The molecular weight excluding hydrogens is 386 g/mol. The highest BCUT2D eigenvalue weighted by Crippen LogP contribution is 2.12. The summed E-state index contributed by atoms with van der Waals surface area (Å²) in [5.74, 6) is -0.0692. The molecule has 0 aliphatic heterocycles. The van der Waals surface area contributed by atoms with Crippen molar-refractivity contribution in [1.29, 1.82) is 0 Å².